The first-order chi connectivity index (χ1) is 7.04. The first kappa shape index (κ1) is 11.1. The van der Waals surface area contributed by atoms with Crippen molar-refractivity contribution in [2.24, 2.45) is 7.05 Å². The van der Waals surface area contributed by atoms with E-state index in [1.54, 1.807) is 13.2 Å². The minimum absolute atomic E-state index is 0.288. The molecule has 6 heteroatoms. The fraction of sp³-hybridized carbons (Fsp3) is 0.333. The molecule has 0 fully saturated rings. The molecule has 0 amide bonds. The van der Waals surface area contributed by atoms with Gasteiger partial charge < -0.3 is 19.8 Å². The van der Waals surface area contributed by atoms with Crippen LogP contribution in [0.4, 0.5) is 5.69 Å². The molecule has 0 saturated carbocycles. The number of methoxy groups -OCH3 is 1. The van der Waals surface area contributed by atoms with Gasteiger partial charge in [0.15, 0.2) is 6.61 Å². The van der Waals surface area contributed by atoms with Crippen LogP contribution in [-0.2, 0) is 21.3 Å². The van der Waals surface area contributed by atoms with Crippen LogP contribution in [0, 0.1) is 0 Å². The van der Waals surface area contributed by atoms with E-state index in [-0.39, 0.29) is 5.69 Å². The second-order valence-electron chi connectivity index (χ2n) is 2.92. The third kappa shape index (κ3) is 2.73. The molecule has 0 radical (unpaired) electrons. The summed E-state index contributed by atoms with van der Waals surface area (Å²) in [5, 5.41) is 0. The molecule has 0 spiro atoms. The minimum Gasteiger partial charge on any atom is -0.466 e. The molecule has 1 aromatic heterocycles. The van der Waals surface area contributed by atoms with Gasteiger partial charge in [-0.15, -0.1) is 0 Å². The van der Waals surface area contributed by atoms with Crippen molar-refractivity contribution in [3.8, 4) is 0 Å². The Hall–Kier alpha value is -1.98. The minimum atomic E-state index is -0.611. The number of rotatable bonds is 3. The molecule has 15 heavy (non-hydrogen) atoms. The van der Waals surface area contributed by atoms with Gasteiger partial charge in [0.05, 0.1) is 12.8 Å². The predicted octanol–water partition coefficient (Wildman–Crippen LogP) is -0.0629. The molecular formula is C9H12N2O4. The Kier molecular flexibility index (Phi) is 3.33. The first-order valence-corrected chi connectivity index (χ1v) is 4.20. The van der Waals surface area contributed by atoms with E-state index in [1.165, 1.54) is 17.7 Å². The average molecular weight is 212 g/mol. The van der Waals surface area contributed by atoms with E-state index in [0.717, 1.165) is 0 Å². The molecule has 0 atom stereocenters. The van der Waals surface area contributed by atoms with Crippen molar-refractivity contribution in [3.05, 3.63) is 18.0 Å². The summed E-state index contributed by atoms with van der Waals surface area (Å²) in [4.78, 5) is 22.1. The topological polar surface area (TPSA) is 83.6 Å². The number of nitrogen functional groups attached to an aromatic ring is 1. The lowest BCUT2D eigenvalue weighted by atomic mass is 10.4. The molecule has 0 unspecified atom stereocenters. The summed E-state index contributed by atoms with van der Waals surface area (Å²) in [5.74, 6) is -1.22. The van der Waals surface area contributed by atoms with Crippen LogP contribution < -0.4 is 5.73 Å². The highest BCUT2D eigenvalue weighted by Crippen LogP contribution is 2.09. The Bertz CT molecular complexity index is 383. The van der Waals surface area contributed by atoms with Crippen molar-refractivity contribution < 1.29 is 19.1 Å². The molecule has 0 aromatic carbocycles. The fourth-order valence-corrected chi connectivity index (χ4v) is 1.05. The zero-order valence-corrected chi connectivity index (χ0v) is 8.52. The smallest absolute Gasteiger partial charge is 0.355 e. The molecule has 82 valence electrons. The fourth-order valence-electron chi connectivity index (χ4n) is 1.05. The predicted molar refractivity (Wildman–Crippen MR) is 52.1 cm³/mol. The van der Waals surface area contributed by atoms with Gasteiger partial charge in [-0.2, -0.15) is 0 Å². The van der Waals surface area contributed by atoms with Crippen molar-refractivity contribution in [1.82, 2.24) is 4.57 Å². The zero-order valence-electron chi connectivity index (χ0n) is 8.52. The maximum Gasteiger partial charge on any atom is 0.355 e. The molecule has 0 bridgehead atoms. The molecule has 1 aromatic rings. The van der Waals surface area contributed by atoms with Crippen LogP contribution in [0.15, 0.2) is 12.3 Å². The molecule has 6 nitrogen and oxygen atoms in total. The number of hydrogen-bond acceptors (Lipinski definition) is 5. The highest BCUT2D eigenvalue weighted by atomic mass is 16.6. The third-order valence-corrected chi connectivity index (χ3v) is 1.78. The number of carbonyl (C=O) groups excluding carboxylic acids is 2. The van der Waals surface area contributed by atoms with E-state index >= 15 is 0 Å². The van der Waals surface area contributed by atoms with Crippen LogP contribution in [0.2, 0.25) is 0 Å². The Labute approximate surface area is 86.6 Å². The second-order valence-corrected chi connectivity index (χ2v) is 2.92. The summed E-state index contributed by atoms with van der Waals surface area (Å²) in [5.41, 5.74) is 6.23. The standard InChI is InChI=1S/C9H12N2O4/c1-11-4-6(10)3-7(11)9(13)15-5-8(12)14-2/h3-4H,5,10H2,1-2H3. The summed E-state index contributed by atoms with van der Waals surface area (Å²) < 4.78 is 10.5. The Balaban J connectivity index is 2.61. The van der Waals surface area contributed by atoms with Crippen LogP contribution in [-0.4, -0.2) is 30.2 Å². The van der Waals surface area contributed by atoms with E-state index in [2.05, 4.69) is 9.47 Å². The first-order valence-electron chi connectivity index (χ1n) is 4.20. The number of nitrogens with two attached hydrogens (primary N) is 1. The number of esters is 2. The third-order valence-electron chi connectivity index (χ3n) is 1.78. The number of nitrogens with zero attached hydrogens (tertiary/aromatic N) is 1. The molecule has 0 aliphatic rings. The maximum absolute atomic E-state index is 11.4. The Morgan fingerprint density at radius 1 is 1.53 bits per heavy atom. The van der Waals surface area contributed by atoms with Gasteiger partial charge in [0.25, 0.3) is 0 Å². The molecule has 0 aliphatic carbocycles. The number of hydrogen-bond donors (Lipinski definition) is 1. The average Bonchev–Trinajstić information content (AvgIpc) is 2.53. The van der Waals surface area contributed by atoms with Crippen molar-refractivity contribution in [1.29, 1.82) is 0 Å². The highest BCUT2D eigenvalue weighted by molar-refractivity contribution is 5.90. The second kappa shape index (κ2) is 4.50. The monoisotopic (exact) mass is 212 g/mol. The molecule has 2 N–H and O–H groups in total. The summed E-state index contributed by atoms with van der Waals surface area (Å²) in [6.45, 7) is -0.402. The summed E-state index contributed by atoms with van der Waals surface area (Å²) in [6, 6.07) is 1.47. The van der Waals surface area contributed by atoms with E-state index in [0.29, 0.717) is 5.69 Å². The lowest BCUT2D eigenvalue weighted by Crippen LogP contribution is -2.16. The lowest BCUT2D eigenvalue weighted by molar-refractivity contribution is -0.144. The van der Waals surface area contributed by atoms with Gasteiger partial charge in [0.2, 0.25) is 0 Å². The molecule has 0 aliphatic heterocycles. The van der Waals surface area contributed by atoms with E-state index in [9.17, 15) is 9.59 Å². The van der Waals surface area contributed by atoms with Crippen molar-refractivity contribution >= 4 is 17.6 Å². The van der Waals surface area contributed by atoms with Crippen LogP contribution in [0.5, 0.6) is 0 Å². The van der Waals surface area contributed by atoms with Gasteiger partial charge in [0.1, 0.15) is 5.69 Å². The van der Waals surface area contributed by atoms with Crippen molar-refractivity contribution in [2.45, 2.75) is 0 Å². The molecular weight excluding hydrogens is 200 g/mol. The van der Waals surface area contributed by atoms with Crippen LogP contribution in [0.3, 0.4) is 0 Å². The quantitative estimate of drug-likeness (QED) is 0.709. The summed E-state index contributed by atoms with van der Waals surface area (Å²) in [7, 11) is 2.88. The molecule has 1 rings (SSSR count). The Morgan fingerprint density at radius 3 is 2.67 bits per heavy atom. The summed E-state index contributed by atoms with van der Waals surface area (Å²) >= 11 is 0. The van der Waals surface area contributed by atoms with E-state index in [4.69, 9.17) is 5.73 Å². The van der Waals surface area contributed by atoms with Crippen LogP contribution in [0.25, 0.3) is 0 Å². The van der Waals surface area contributed by atoms with Gasteiger partial charge in [0, 0.05) is 13.2 Å². The van der Waals surface area contributed by atoms with Crippen LogP contribution in [0.1, 0.15) is 10.5 Å². The largest absolute Gasteiger partial charge is 0.466 e. The number of carbonyl (C=O) groups is 2. The number of aromatic nitrogens is 1. The van der Waals surface area contributed by atoms with E-state index in [1.807, 2.05) is 0 Å². The lowest BCUT2D eigenvalue weighted by Gasteiger charge is -2.03. The number of anilines is 1. The molecule has 0 saturated heterocycles. The number of aryl methyl sites for hydroxylation is 1. The van der Waals surface area contributed by atoms with Gasteiger partial charge in [-0.3, -0.25) is 0 Å². The highest BCUT2D eigenvalue weighted by Gasteiger charge is 2.13. The Morgan fingerprint density at radius 2 is 2.20 bits per heavy atom. The van der Waals surface area contributed by atoms with Crippen LogP contribution >= 0.6 is 0 Å². The van der Waals surface area contributed by atoms with Gasteiger partial charge in [-0.05, 0) is 6.07 Å². The zero-order chi connectivity index (χ0) is 11.4. The van der Waals surface area contributed by atoms with E-state index < -0.39 is 18.5 Å². The van der Waals surface area contributed by atoms with Crippen molar-refractivity contribution in [3.63, 3.8) is 0 Å². The van der Waals surface area contributed by atoms with Gasteiger partial charge >= 0.3 is 11.9 Å². The van der Waals surface area contributed by atoms with Gasteiger partial charge in [-0.25, -0.2) is 9.59 Å². The van der Waals surface area contributed by atoms with Crippen molar-refractivity contribution in [2.75, 3.05) is 19.5 Å². The number of ether oxygens (including phenoxy) is 2. The summed E-state index contributed by atoms with van der Waals surface area (Å²) in [6.07, 6.45) is 1.58. The van der Waals surface area contributed by atoms with Gasteiger partial charge in [-0.1, -0.05) is 0 Å². The normalized spacial score (nSPS) is 9.73. The molecule has 1 heterocycles. The maximum atomic E-state index is 11.4. The SMILES string of the molecule is COC(=O)COC(=O)c1cc(N)cn1C.